The molecule has 2 nitrogen and oxygen atoms in total. The SMILES string of the molecule is COC([O-])=C1C=CC=C1C.[Fe+2].c1cc[cH-]c1. The second kappa shape index (κ2) is 7.91. The molecule has 0 radical (unpaired) electrons. The van der Waals surface area contributed by atoms with E-state index >= 15 is 0 Å². The zero-order valence-corrected chi connectivity index (χ0v) is 10.4. The zero-order chi connectivity index (χ0) is 11.1. The predicted octanol–water partition coefficient (Wildman–Crippen LogP) is 2.12. The predicted molar refractivity (Wildman–Crippen MR) is 59.0 cm³/mol. The van der Waals surface area contributed by atoms with Crippen LogP contribution in [0.3, 0.4) is 0 Å². The van der Waals surface area contributed by atoms with E-state index in [0.29, 0.717) is 5.57 Å². The molecule has 1 aliphatic rings. The molecule has 2 rings (SSSR count). The van der Waals surface area contributed by atoms with E-state index in [-0.39, 0.29) is 23.0 Å². The zero-order valence-electron chi connectivity index (χ0n) is 9.29. The molecule has 0 aromatic heterocycles. The first kappa shape index (κ1) is 14.7. The van der Waals surface area contributed by atoms with Crippen molar-refractivity contribution >= 4 is 0 Å². The van der Waals surface area contributed by atoms with Crippen molar-refractivity contribution in [2.45, 2.75) is 6.92 Å². The van der Waals surface area contributed by atoms with E-state index in [0.717, 1.165) is 5.57 Å². The van der Waals surface area contributed by atoms with Gasteiger partial charge in [0.15, 0.2) is 0 Å². The fraction of sp³-hybridized carbons (Fsp3) is 0.154. The summed E-state index contributed by atoms with van der Waals surface area (Å²) in [6, 6.07) is 10.0. The number of rotatable bonds is 1. The van der Waals surface area contributed by atoms with Gasteiger partial charge in [-0.2, -0.15) is 18.2 Å². The van der Waals surface area contributed by atoms with Crippen molar-refractivity contribution < 1.29 is 26.9 Å². The first-order valence-corrected chi connectivity index (χ1v) is 4.73. The van der Waals surface area contributed by atoms with Crippen molar-refractivity contribution in [3.05, 3.63) is 65.7 Å². The maximum atomic E-state index is 10.9. The molecule has 1 aliphatic carbocycles. The Morgan fingerprint density at radius 2 is 1.94 bits per heavy atom. The van der Waals surface area contributed by atoms with Crippen molar-refractivity contribution in [3.8, 4) is 0 Å². The molecule has 0 fully saturated rings. The molecule has 0 heterocycles. The van der Waals surface area contributed by atoms with Gasteiger partial charge in [0.2, 0.25) is 0 Å². The van der Waals surface area contributed by atoms with Gasteiger partial charge in [0.1, 0.15) is 0 Å². The standard InChI is InChI=1S/C8H10O2.C5H5.Fe/c1-6-4-3-5-7(6)8(9)10-2;1-2-4-5-3-1;/h3-5,9H,1-2H3;1-5H;/q;-1;+2/p-1. The summed E-state index contributed by atoms with van der Waals surface area (Å²) < 4.78 is 4.54. The minimum Gasteiger partial charge on any atom is -0.616 e. The van der Waals surface area contributed by atoms with Gasteiger partial charge in [0, 0.05) is 0 Å². The van der Waals surface area contributed by atoms with Crippen LogP contribution in [-0.2, 0) is 21.8 Å². The van der Waals surface area contributed by atoms with Crippen LogP contribution in [0.4, 0.5) is 0 Å². The molecule has 3 heteroatoms. The van der Waals surface area contributed by atoms with Crippen LogP contribution in [0.15, 0.2) is 65.7 Å². The van der Waals surface area contributed by atoms with E-state index in [9.17, 15) is 5.11 Å². The van der Waals surface area contributed by atoms with Gasteiger partial charge in [0.25, 0.3) is 0 Å². The van der Waals surface area contributed by atoms with Crippen LogP contribution in [0.25, 0.3) is 0 Å². The molecule has 0 amide bonds. The first-order valence-electron chi connectivity index (χ1n) is 4.73. The Morgan fingerprint density at radius 3 is 2.25 bits per heavy atom. The van der Waals surface area contributed by atoms with E-state index in [1.807, 2.05) is 49.4 Å². The number of ether oxygens (including phenoxy) is 1. The number of methoxy groups -OCH3 is 1. The maximum absolute atomic E-state index is 10.9. The Balaban J connectivity index is 0.000000318. The molecule has 0 saturated carbocycles. The largest absolute Gasteiger partial charge is 2.00 e. The second-order valence-corrected chi connectivity index (χ2v) is 3.08. The number of hydrogen-bond acceptors (Lipinski definition) is 2. The third-order valence-electron chi connectivity index (χ3n) is 1.99. The first-order chi connectivity index (χ1) is 7.25. The molecular weight excluding hydrogens is 244 g/mol. The van der Waals surface area contributed by atoms with Crippen molar-refractivity contribution in [3.63, 3.8) is 0 Å². The minimum absolute atomic E-state index is 0. The van der Waals surface area contributed by atoms with Gasteiger partial charge in [-0.3, -0.25) is 0 Å². The van der Waals surface area contributed by atoms with Crippen molar-refractivity contribution in [2.75, 3.05) is 7.11 Å². The molecule has 0 atom stereocenters. The average Bonchev–Trinajstić information content (AvgIpc) is 2.89. The van der Waals surface area contributed by atoms with Crippen molar-refractivity contribution in [2.24, 2.45) is 0 Å². The van der Waals surface area contributed by atoms with Crippen LogP contribution in [0, 0.1) is 0 Å². The van der Waals surface area contributed by atoms with E-state index in [4.69, 9.17) is 0 Å². The van der Waals surface area contributed by atoms with Crippen LogP contribution >= 0.6 is 0 Å². The summed E-state index contributed by atoms with van der Waals surface area (Å²) in [5.41, 5.74) is 1.62. The fourth-order valence-corrected chi connectivity index (χ4v) is 1.17. The monoisotopic (exact) mass is 258 g/mol. The van der Waals surface area contributed by atoms with Crippen LogP contribution in [-0.4, -0.2) is 7.11 Å². The average molecular weight is 258 g/mol. The van der Waals surface area contributed by atoms with Crippen LogP contribution in [0.2, 0.25) is 0 Å². The minimum atomic E-state index is -0.262. The fourth-order valence-electron chi connectivity index (χ4n) is 1.17. The second-order valence-electron chi connectivity index (χ2n) is 3.08. The molecule has 0 unspecified atom stereocenters. The van der Waals surface area contributed by atoms with Gasteiger partial charge in [0.05, 0.1) is 5.95 Å². The van der Waals surface area contributed by atoms with Crippen LogP contribution in [0.5, 0.6) is 0 Å². The third kappa shape index (κ3) is 4.47. The molecule has 16 heavy (non-hydrogen) atoms. The Morgan fingerprint density at radius 1 is 1.31 bits per heavy atom. The summed E-state index contributed by atoms with van der Waals surface area (Å²) >= 11 is 0. The molecule has 1 aromatic carbocycles. The Hall–Kier alpha value is -1.31. The van der Waals surface area contributed by atoms with Crippen molar-refractivity contribution in [1.82, 2.24) is 0 Å². The molecule has 0 bridgehead atoms. The Labute approximate surface area is 107 Å². The quantitative estimate of drug-likeness (QED) is 0.439. The molecule has 0 N–H and O–H groups in total. The summed E-state index contributed by atoms with van der Waals surface area (Å²) in [4.78, 5) is 0. The molecule has 1 aromatic rings. The topological polar surface area (TPSA) is 32.3 Å². The number of hydrogen-bond donors (Lipinski definition) is 0. The molecule has 0 spiro atoms. The molecule has 0 aliphatic heterocycles. The van der Waals surface area contributed by atoms with Gasteiger partial charge >= 0.3 is 17.1 Å². The third-order valence-corrected chi connectivity index (χ3v) is 1.99. The molecular formula is C13H14FeO2. The van der Waals surface area contributed by atoms with E-state index in [1.54, 1.807) is 6.08 Å². The van der Waals surface area contributed by atoms with Gasteiger partial charge in [-0.1, -0.05) is 18.2 Å². The van der Waals surface area contributed by atoms with Gasteiger partial charge in [-0.05, 0) is 25.2 Å². The summed E-state index contributed by atoms with van der Waals surface area (Å²) in [5.74, 6) is -0.262. The van der Waals surface area contributed by atoms with Gasteiger partial charge in [-0.15, -0.1) is 0 Å². The Bertz CT molecular complexity index is 355. The van der Waals surface area contributed by atoms with E-state index in [2.05, 4.69) is 4.74 Å². The van der Waals surface area contributed by atoms with Crippen molar-refractivity contribution in [1.29, 1.82) is 0 Å². The molecule has 86 valence electrons. The van der Waals surface area contributed by atoms with Crippen LogP contribution in [0.1, 0.15) is 6.92 Å². The summed E-state index contributed by atoms with van der Waals surface area (Å²) in [6.07, 6.45) is 5.47. The van der Waals surface area contributed by atoms with Gasteiger partial charge in [-0.25, -0.2) is 12.1 Å². The van der Waals surface area contributed by atoms with E-state index in [1.165, 1.54) is 7.11 Å². The smallest absolute Gasteiger partial charge is 0.616 e. The summed E-state index contributed by atoms with van der Waals surface area (Å²) in [7, 11) is 1.38. The number of allylic oxidation sites excluding steroid dienone is 5. The molecule has 0 saturated heterocycles. The van der Waals surface area contributed by atoms with Gasteiger partial charge < -0.3 is 9.84 Å². The maximum Gasteiger partial charge on any atom is 2.00 e. The summed E-state index contributed by atoms with van der Waals surface area (Å²) in [6.45, 7) is 1.88. The van der Waals surface area contributed by atoms with Crippen LogP contribution < -0.4 is 5.11 Å². The summed E-state index contributed by atoms with van der Waals surface area (Å²) in [5, 5.41) is 10.9. The Kier molecular flexibility index (Phi) is 7.27. The van der Waals surface area contributed by atoms with E-state index < -0.39 is 0 Å². The normalized spacial score (nSPS) is 15.5.